The van der Waals surface area contributed by atoms with Crippen LogP contribution in [0.4, 0.5) is 0 Å². The molecule has 1 saturated heterocycles. The second-order valence-electron chi connectivity index (χ2n) is 3.61. The van der Waals surface area contributed by atoms with Gasteiger partial charge in [-0.15, -0.1) is 0 Å². The minimum atomic E-state index is -0.424. The Kier molecular flexibility index (Phi) is 4.52. The van der Waals surface area contributed by atoms with E-state index in [1.165, 1.54) is 0 Å². The predicted molar refractivity (Wildman–Crippen MR) is 55.5 cm³/mol. The van der Waals surface area contributed by atoms with Crippen LogP contribution < -0.4 is 0 Å². The first-order chi connectivity index (χ1) is 7.09. The van der Waals surface area contributed by atoms with Crippen LogP contribution in [0.15, 0.2) is 24.3 Å². The molecule has 0 aromatic carbocycles. The lowest BCUT2D eigenvalue weighted by Gasteiger charge is -2.06. The van der Waals surface area contributed by atoms with Gasteiger partial charge in [-0.1, -0.05) is 18.7 Å². The lowest BCUT2D eigenvalue weighted by Crippen LogP contribution is -2.15. The van der Waals surface area contributed by atoms with E-state index in [9.17, 15) is 4.79 Å². The van der Waals surface area contributed by atoms with Gasteiger partial charge in [0.15, 0.2) is 0 Å². The molecule has 0 bridgehead atoms. The Hall–Kier alpha value is -1.13. The largest absolute Gasteiger partial charge is 0.459 e. The Balaban J connectivity index is 2.08. The molecule has 4 heteroatoms. The van der Waals surface area contributed by atoms with E-state index in [0.717, 1.165) is 5.57 Å². The monoisotopic (exact) mass is 212 g/mol. The summed E-state index contributed by atoms with van der Waals surface area (Å²) in [4.78, 5) is 11.3. The Bertz CT molecular complexity index is 266. The first-order valence-electron chi connectivity index (χ1n) is 4.78. The number of rotatable bonds is 7. The highest BCUT2D eigenvalue weighted by atomic mass is 16.6. The van der Waals surface area contributed by atoms with Crippen LogP contribution in [0.2, 0.25) is 0 Å². The van der Waals surface area contributed by atoms with Gasteiger partial charge in [0.05, 0.1) is 25.4 Å². The van der Waals surface area contributed by atoms with Gasteiger partial charge < -0.3 is 14.2 Å². The van der Waals surface area contributed by atoms with Crippen LogP contribution >= 0.6 is 0 Å². The fraction of sp³-hybridized carbons (Fsp3) is 0.545. The molecule has 1 unspecified atom stereocenters. The van der Waals surface area contributed by atoms with Crippen molar-refractivity contribution in [3.8, 4) is 0 Å². The van der Waals surface area contributed by atoms with Crippen molar-refractivity contribution in [2.45, 2.75) is 13.0 Å². The third-order valence-corrected chi connectivity index (χ3v) is 1.72. The topological polar surface area (TPSA) is 48.1 Å². The lowest BCUT2D eigenvalue weighted by molar-refractivity contribution is -0.140. The summed E-state index contributed by atoms with van der Waals surface area (Å²) in [6.07, 6.45) is 0.0816. The molecule has 1 fully saturated rings. The summed E-state index contributed by atoms with van der Waals surface area (Å²) in [5.41, 5.74) is 1.22. The van der Waals surface area contributed by atoms with Crippen LogP contribution in [0.5, 0.6) is 0 Å². The van der Waals surface area contributed by atoms with Crippen molar-refractivity contribution in [3.63, 3.8) is 0 Å². The zero-order chi connectivity index (χ0) is 11.3. The van der Waals surface area contributed by atoms with E-state index < -0.39 is 5.97 Å². The van der Waals surface area contributed by atoms with Crippen molar-refractivity contribution < 1.29 is 19.0 Å². The standard InChI is InChI=1S/C11H16O4/c1-8(2)4-13-5-9(3)11(12)15-7-10-6-14-10/h10H,1,3-7H2,2H3. The van der Waals surface area contributed by atoms with E-state index in [1.54, 1.807) is 0 Å². The number of carbonyl (C=O) groups excluding carboxylic acids is 1. The average Bonchev–Trinajstić information content (AvgIpc) is 2.96. The van der Waals surface area contributed by atoms with Crippen molar-refractivity contribution in [2.75, 3.05) is 26.4 Å². The number of hydrogen-bond donors (Lipinski definition) is 0. The molecule has 0 amide bonds. The average molecular weight is 212 g/mol. The van der Waals surface area contributed by atoms with Crippen LogP contribution in [-0.2, 0) is 19.0 Å². The molecule has 1 aliphatic rings. The third-order valence-electron chi connectivity index (χ3n) is 1.72. The van der Waals surface area contributed by atoms with Gasteiger partial charge in [0.2, 0.25) is 0 Å². The molecule has 0 spiro atoms. The molecule has 0 N–H and O–H groups in total. The summed E-state index contributed by atoms with van der Waals surface area (Å²) < 4.78 is 15.0. The zero-order valence-electron chi connectivity index (χ0n) is 8.95. The van der Waals surface area contributed by atoms with Gasteiger partial charge in [0, 0.05) is 0 Å². The molecule has 84 valence electrons. The SMILES string of the molecule is C=C(C)COCC(=C)C(=O)OCC1CO1. The van der Waals surface area contributed by atoms with Crippen molar-refractivity contribution in [1.82, 2.24) is 0 Å². The number of esters is 1. The van der Waals surface area contributed by atoms with E-state index in [0.29, 0.717) is 25.4 Å². The van der Waals surface area contributed by atoms with Crippen LogP contribution in [0, 0.1) is 0 Å². The van der Waals surface area contributed by atoms with E-state index in [1.807, 2.05) is 6.92 Å². The lowest BCUT2D eigenvalue weighted by atomic mass is 10.3. The molecular formula is C11H16O4. The second kappa shape index (κ2) is 5.68. The molecule has 4 nitrogen and oxygen atoms in total. The first-order valence-corrected chi connectivity index (χ1v) is 4.78. The van der Waals surface area contributed by atoms with Gasteiger partial charge in [-0.2, -0.15) is 0 Å². The number of ether oxygens (including phenoxy) is 3. The van der Waals surface area contributed by atoms with Gasteiger partial charge in [-0.3, -0.25) is 0 Å². The van der Waals surface area contributed by atoms with Crippen LogP contribution in [0.25, 0.3) is 0 Å². The number of epoxide rings is 1. The minimum absolute atomic E-state index is 0.0816. The fourth-order valence-corrected chi connectivity index (χ4v) is 0.842. The smallest absolute Gasteiger partial charge is 0.335 e. The Morgan fingerprint density at radius 1 is 1.47 bits per heavy atom. The summed E-state index contributed by atoms with van der Waals surface area (Å²) in [6, 6.07) is 0. The van der Waals surface area contributed by atoms with E-state index >= 15 is 0 Å². The maximum Gasteiger partial charge on any atom is 0.335 e. The summed E-state index contributed by atoms with van der Waals surface area (Å²) in [6.45, 7) is 10.7. The van der Waals surface area contributed by atoms with E-state index in [4.69, 9.17) is 14.2 Å². The maximum absolute atomic E-state index is 11.3. The molecule has 1 rings (SSSR count). The third kappa shape index (κ3) is 5.34. The van der Waals surface area contributed by atoms with Crippen molar-refractivity contribution in [1.29, 1.82) is 0 Å². The quantitative estimate of drug-likeness (QED) is 0.274. The molecule has 1 aliphatic heterocycles. The summed E-state index contributed by atoms with van der Waals surface area (Å²) >= 11 is 0. The molecule has 1 atom stereocenters. The Morgan fingerprint density at radius 3 is 2.67 bits per heavy atom. The highest BCUT2D eigenvalue weighted by Gasteiger charge is 2.24. The Morgan fingerprint density at radius 2 is 2.13 bits per heavy atom. The predicted octanol–water partition coefficient (Wildman–Crippen LogP) is 1.08. The van der Waals surface area contributed by atoms with Gasteiger partial charge in [0.25, 0.3) is 0 Å². The van der Waals surface area contributed by atoms with E-state index in [-0.39, 0.29) is 12.7 Å². The fourth-order valence-electron chi connectivity index (χ4n) is 0.842. The molecule has 1 heterocycles. The van der Waals surface area contributed by atoms with Crippen LogP contribution in [-0.4, -0.2) is 38.5 Å². The molecule has 0 aliphatic carbocycles. The van der Waals surface area contributed by atoms with Gasteiger partial charge >= 0.3 is 5.97 Å². The van der Waals surface area contributed by atoms with Crippen LogP contribution in [0.3, 0.4) is 0 Å². The summed E-state index contributed by atoms with van der Waals surface area (Å²) in [5, 5.41) is 0. The zero-order valence-corrected chi connectivity index (χ0v) is 8.95. The first kappa shape index (κ1) is 11.9. The van der Waals surface area contributed by atoms with Gasteiger partial charge in [-0.25, -0.2) is 4.79 Å². The molecule has 0 aromatic heterocycles. The normalized spacial score (nSPS) is 18.3. The Labute approximate surface area is 89.5 Å². The highest BCUT2D eigenvalue weighted by Crippen LogP contribution is 2.09. The molecular weight excluding hydrogens is 196 g/mol. The maximum atomic E-state index is 11.3. The molecule has 0 aromatic rings. The van der Waals surface area contributed by atoms with Crippen LogP contribution in [0.1, 0.15) is 6.92 Å². The van der Waals surface area contributed by atoms with Gasteiger partial charge in [-0.05, 0) is 6.92 Å². The number of hydrogen-bond acceptors (Lipinski definition) is 4. The van der Waals surface area contributed by atoms with Crippen molar-refractivity contribution in [3.05, 3.63) is 24.3 Å². The summed E-state index contributed by atoms with van der Waals surface area (Å²) in [7, 11) is 0. The van der Waals surface area contributed by atoms with E-state index in [2.05, 4.69) is 13.2 Å². The highest BCUT2D eigenvalue weighted by molar-refractivity contribution is 5.87. The number of carbonyl (C=O) groups is 1. The molecule has 0 radical (unpaired) electrons. The van der Waals surface area contributed by atoms with Crippen molar-refractivity contribution in [2.24, 2.45) is 0 Å². The molecule has 0 saturated carbocycles. The van der Waals surface area contributed by atoms with Crippen molar-refractivity contribution >= 4 is 5.97 Å². The minimum Gasteiger partial charge on any atom is -0.459 e. The second-order valence-corrected chi connectivity index (χ2v) is 3.61. The summed E-state index contributed by atoms with van der Waals surface area (Å²) in [5.74, 6) is -0.424. The van der Waals surface area contributed by atoms with Gasteiger partial charge in [0.1, 0.15) is 12.7 Å². The molecule has 15 heavy (non-hydrogen) atoms.